The van der Waals surface area contributed by atoms with Crippen molar-refractivity contribution >= 4 is 0 Å². The molecule has 3 aliphatic heterocycles. The molecule has 0 spiro atoms. The van der Waals surface area contributed by atoms with Gasteiger partial charge in [-0.3, -0.25) is 0 Å². The lowest BCUT2D eigenvalue weighted by atomic mass is 10.1. The van der Waals surface area contributed by atoms with E-state index >= 15 is 0 Å². The molecule has 0 radical (unpaired) electrons. The molecule has 20 heavy (non-hydrogen) atoms. The van der Waals surface area contributed by atoms with Gasteiger partial charge >= 0.3 is 6.01 Å². The molecule has 0 aromatic heterocycles. The van der Waals surface area contributed by atoms with Gasteiger partial charge in [-0.15, -0.1) is 5.10 Å². The van der Waals surface area contributed by atoms with Gasteiger partial charge in [-0.05, 0) is 0 Å². The summed E-state index contributed by atoms with van der Waals surface area (Å²) in [6, 6.07) is -0.662. The van der Waals surface area contributed by atoms with Crippen molar-refractivity contribution in [1.29, 1.82) is 0 Å². The minimum Gasteiger partial charge on any atom is -0.493 e. The van der Waals surface area contributed by atoms with Crippen molar-refractivity contribution in [2.45, 2.75) is 24.5 Å². The van der Waals surface area contributed by atoms with E-state index in [9.17, 15) is 20.4 Å². The molecule has 10 heteroatoms. The number of aliphatic hydroxyl groups is 3. The summed E-state index contributed by atoms with van der Waals surface area (Å²) >= 11 is 0. The van der Waals surface area contributed by atoms with Crippen LogP contribution in [0.5, 0.6) is 11.9 Å². The van der Waals surface area contributed by atoms with E-state index in [0.717, 1.165) is 4.57 Å². The van der Waals surface area contributed by atoms with E-state index in [1.165, 1.54) is 6.20 Å². The molecule has 1 saturated heterocycles. The van der Waals surface area contributed by atoms with Gasteiger partial charge in [-0.1, -0.05) is 0 Å². The maximum absolute atomic E-state index is 9.95. The first-order valence-electron chi connectivity index (χ1n) is 5.78. The standard InChI is InChI=1S/C10H12N4O6/c15-2-4-5(16)6(17)9(20-4)14-7-3(1-11-13-7)8(18)12-10(14)19/h1,4-6,9,15-18H,2H2,(H,12,19)/t4-,5-,6-,9-/m0/s1. The van der Waals surface area contributed by atoms with Gasteiger partial charge < -0.3 is 30.3 Å². The van der Waals surface area contributed by atoms with Crippen LogP contribution in [0.2, 0.25) is 0 Å². The normalized spacial score (nSPS) is 30.1. The van der Waals surface area contributed by atoms with Gasteiger partial charge in [0.15, 0.2) is 12.1 Å². The fourth-order valence-electron chi connectivity index (χ4n) is 2.22. The van der Waals surface area contributed by atoms with Crippen molar-refractivity contribution < 1.29 is 30.3 Å². The molecule has 1 fully saturated rings. The Morgan fingerprint density at radius 3 is 2.65 bits per heavy atom. The minimum atomic E-state index is -1.41. The summed E-state index contributed by atoms with van der Waals surface area (Å²) in [5, 5.41) is 55.4. The van der Waals surface area contributed by atoms with Gasteiger partial charge in [0, 0.05) is 0 Å². The van der Waals surface area contributed by atoms with Crippen LogP contribution in [-0.2, 0) is 4.74 Å². The number of aromatic hydroxyl groups is 2. The molecule has 0 amide bonds. The first-order valence-corrected chi connectivity index (χ1v) is 5.78. The Hall–Kier alpha value is -2.01. The Morgan fingerprint density at radius 2 is 2.00 bits per heavy atom. The van der Waals surface area contributed by atoms with E-state index in [4.69, 9.17) is 9.84 Å². The van der Waals surface area contributed by atoms with Gasteiger partial charge in [0.2, 0.25) is 5.88 Å². The predicted octanol–water partition coefficient (Wildman–Crippen LogP) is -2.20. The van der Waals surface area contributed by atoms with Crippen LogP contribution < -0.4 is 0 Å². The van der Waals surface area contributed by atoms with E-state index in [0.29, 0.717) is 0 Å². The highest BCUT2D eigenvalue weighted by molar-refractivity contribution is 5.62. The van der Waals surface area contributed by atoms with Gasteiger partial charge in [0.05, 0.1) is 12.8 Å². The van der Waals surface area contributed by atoms with Gasteiger partial charge in [-0.2, -0.15) is 10.1 Å². The molecule has 3 aliphatic rings. The number of aromatic nitrogens is 4. The third kappa shape index (κ3) is 1.70. The average molecular weight is 284 g/mol. The molecule has 0 bridgehead atoms. The fourth-order valence-corrected chi connectivity index (χ4v) is 2.22. The largest absolute Gasteiger partial charge is 0.493 e. The SMILES string of the molecule is OC[C@@H]1O[C@H](n2c(O)nc(O)c3cnnc2-3)[C@@H](O)[C@H]1O. The average Bonchev–Trinajstić information content (AvgIpc) is 2.99. The van der Waals surface area contributed by atoms with Crippen LogP contribution in [0.15, 0.2) is 6.20 Å². The lowest BCUT2D eigenvalue weighted by Crippen LogP contribution is -2.33. The zero-order chi connectivity index (χ0) is 14.4. The number of fused-ring (bicyclic) bond motifs is 1. The highest BCUT2D eigenvalue weighted by atomic mass is 16.6. The van der Waals surface area contributed by atoms with Crippen molar-refractivity contribution in [3.05, 3.63) is 6.20 Å². The maximum atomic E-state index is 9.95. The Bertz CT molecular complexity index is 604. The number of aliphatic hydroxyl groups excluding tert-OH is 3. The number of ether oxygens (including phenoxy) is 1. The van der Waals surface area contributed by atoms with Crippen molar-refractivity contribution in [3.8, 4) is 23.3 Å². The van der Waals surface area contributed by atoms with E-state index in [2.05, 4.69) is 15.2 Å². The Kier molecular flexibility index (Phi) is 2.94. The number of nitrogens with zero attached hydrogens (tertiary/aromatic N) is 4. The van der Waals surface area contributed by atoms with Gasteiger partial charge in [0.1, 0.15) is 23.9 Å². The summed E-state index contributed by atoms with van der Waals surface area (Å²) in [6.07, 6.45) is -3.73. The van der Waals surface area contributed by atoms with E-state index in [-0.39, 0.29) is 11.4 Å². The van der Waals surface area contributed by atoms with Crippen LogP contribution >= 0.6 is 0 Å². The molecule has 10 nitrogen and oxygen atoms in total. The molecule has 5 N–H and O–H groups in total. The Balaban J connectivity index is 2.09. The Labute approximate surface area is 111 Å². The molecule has 0 aromatic rings. The third-order valence-electron chi connectivity index (χ3n) is 3.24. The summed E-state index contributed by atoms with van der Waals surface area (Å²) in [7, 11) is 0. The van der Waals surface area contributed by atoms with Crippen molar-refractivity contribution in [3.63, 3.8) is 0 Å². The van der Waals surface area contributed by atoms with Crippen LogP contribution in [0, 0.1) is 0 Å². The first-order chi connectivity index (χ1) is 9.54. The van der Waals surface area contributed by atoms with E-state index in [1.807, 2.05) is 0 Å². The summed E-state index contributed by atoms with van der Waals surface area (Å²) in [5.74, 6) is -0.435. The van der Waals surface area contributed by atoms with Crippen molar-refractivity contribution in [2.75, 3.05) is 6.61 Å². The lowest BCUT2D eigenvalue weighted by molar-refractivity contribution is -0.0560. The second-order valence-corrected chi connectivity index (χ2v) is 4.42. The first kappa shape index (κ1) is 13.0. The molecule has 108 valence electrons. The monoisotopic (exact) mass is 284 g/mol. The lowest BCUT2D eigenvalue weighted by Gasteiger charge is -2.21. The van der Waals surface area contributed by atoms with Crippen LogP contribution in [0.25, 0.3) is 11.4 Å². The second kappa shape index (κ2) is 4.52. The molecule has 0 aliphatic carbocycles. The molecule has 3 rings (SSSR count). The molecular formula is C10H12N4O6. The predicted molar refractivity (Wildman–Crippen MR) is 60.8 cm³/mol. The quantitative estimate of drug-likeness (QED) is 0.413. The van der Waals surface area contributed by atoms with Crippen LogP contribution in [-0.4, -0.2) is 70.2 Å². The molecule has 4 atom stereocenters. The molecule has 0 saturated carbocycles. The second-order valence-electron chi connectivity index (χ2n) is 4.42. The van der Waals surface area contributed by atoms with Crippen LogP contribution in [0.1, 0.15) is 6.23 Å². The molecular weight excluding hydrogens is 272 g/mol. The number of hydrogen-bond donors (Lipinski definition) is 5. The highest BCUT2D eigenvalue weighted by Crippen LogP contribution is 2.38. The summed E-state index contributed by atoms with van der Waals surface area (Å²) in [4.78, 5) is 3.49. The zero-order valence-corrected chi connectivity index (χ0v) is 10.0. The third-order valence-corrected chi connectivity index (χ3v) is 3.24. The van der Waals surface area contributed by atoms with Gasteiger partial charge in [0.25, 0.3) is 0 Å². The van der Waals surface area contributed by atoms with Crippen molar-refractivity contribution in [1.82, 2.24) is 19.7 Å². The molecule has 0 unspecified atom stereocenters. The smallest absolute Gasteiger partial charge is 0.301 e. The van der Waals surface area contributed by atoms with E-state index in [1.54, 1.807) is 0 Å². The minimum absolute atomic E-state index is 0.0323. The summed E-state index contributed by atoms with van der Waals surface area (Å²) in [6.45, 7) is -0.503. The number of hydrogen-bond acceptors (Lipinski definition) is 9. The maximum Gasteiger partial charge on any atom is 0.301 e. The molecule has 3 heterocycles. The number of rotatable bonds is 2. The zero-order valence-electron chi connectivity index (χ0n) is 10.0. The summed E-state index contributed by atoms with van der Waals surface area (Å²) < 4.78 is 6.27. The van der Waals surface area contributed by atoms with Crippen LogP contribution in [0.4, 0.5) is 0 Å². The fraction of sp³-hybridized carbons (Fsp3) is 0.500. The van der Waals surface area contributed by atoms with Crippen LogP contribution in [0.3, 0.4) is 0 Å². The Morgan fingerprint density at radius 1 is 1.25 bits per heavy atom. The van der Waals surface area contributed by atoms with Gasteiger partial charge in [-0.25, -0.2) is 4.57 Å². The van der Waals surface area contributed by atoms with E-state index < -0.39 is 43.0 Å². The van der Waals surface area contributed by atoms with Crippen molar-refractivity contribution in [2.24, 2.45) is 0 Å². The highest BCUT2D eigenvalue weighted by Gasteiger charge is 2.45. The molecule has 0 aromatic carbocycles. The summed E-state index contributed by atoms with van der Waals surface area (Å²) in [5.41, 5.74) is 0.153. The topological polar surface area (TPSA) is 154 Å².